The molecule has 7 heteroatoms. The highest BCUT2D eigenvalue weighted by Gasteiger charge is 2.60. The molecule has 0 N–H and O–H groups in total. The third kappa shape index (κ3) is 2.25. The third-order valence-electron chi connectivity index (χ3n) is 4.52. The fourth-order valence-corrected chi connectivity index (χ4v) is 3.26. The van der Waals surface area contributed by atoms with E-state index in [1.165, 1.54) is 0 Å². The highest BCUT2D eigenvalue weighted by atomic mass is 16.5. The molecule has 2 unspecified atom stereocenters. The molecule has 2 heterocycles. The fourth-order valence-electron chi connectivity index (χ4n) is 3.26. The first-order chi connectivity index (χ1) is 8.99. The third-order valence-corrected chi connectivity index (χ3v) is 4.52. The van der Waals surface area contributed by atoms with Gasteiger partial charge in [-0.05, 0) is 0 Å². The van der Waals surface area contributed by atoms with Crippen LogP contribution in [0.1, 0.15) is 0 Å². The minimum absolute atomic E-state index is 0.177. The van der Waals surface area contributed by atoms with E-state index in [0.29, 0.717) is 22.6 Å². The predicted molar refractivity (Wildman–Crippen MR) is 69.5 cm³/mol. The van der Waals surface area contributed by atoms with Crippen molar-refractivity contribution in [2.75, 3.05) is 74.6 Å². The monoisotopic (exact) mass is 274 g/mol. The van der Waals surface area contributed by atoms with E-state index < -0.39 is 0 Å². The minimum atomic E-state index is 0.177. The molecule has 2 amide bonds. The van der Waals surface area contributed by atoms with E-state index >= 15 is 0 Å². The standard InChI is InChI=1S/C12H26N4O3/c1-13-5-7-15(2,12(13)17)16(11-19-4)8-6-14(9-16)10-18-3/h5-11H2,1-4H3/q+2. The van der Waals surface area contributed by atoms with Gasteiger partial charge in [0.25, 0.3) is 0 Å². The first kappa shape index (κ1) is 14.7. The van der Waals surface area contributed by atoms with Crippen LogP contribution < -0.4 is 0 Å². The minimum Gasteiger partial charge on any atom is -0.369 e. The number of ether oxygens (including phenoxy) is 2. The Kier molecular flexibility index (Phi) is 4.12. The van der Waals surface area contributed by atoms with Gasteiger partial charge in [0.15, 0.2) is 13.2 Å². The van der Waals surface area contributed by atoms with Crippen molar-refractivity contribution in [3.63, 3.8) is 0 Å². The second-order valence-electron chi connectivity index (χ2n) is 5.76. The highest BCUT2D eigenvalue weighted by Crippen LogP contribution is 2.31. The summed E-state index contributed by atoms with van der Waals surface area (Å²) in [6.07, 6.45) is 0. The van der Waals surface area contributed by atoms with Gasteiger partial charge < -0.3 is 9.47 Å². The van der Waals surface area contributed by atoms with Gasteiger partial charge in [-0.3, -0.25) is 4.90 Å². The van der Waals surface area contributed by atoms with Gasteiger partial charge in [-0.25, -0.2) is 9.69 Å². The molecule has 0 bridgehead atoms. The summed E-state index contributed by atoms with van der Waals surface area (Å²) in [6.45, 7) is 5.43. The lowest BCUT2D eigenvalue weighted by atomic mass is 10.5. The van der Waals surface area contributed by atoms with Crippen LogP contribution in [-0.2, 0) is 9.47 Å². The van der Waals surface area contributed by atoms with Crippen LogP contribution in [0.5, 0.6) is 0 Å². The van der Waals surface area contributed by atoms with E-state index in [0.717, 1.165) is 32.8 Å². The van der Waals surface area contributed by atoms with E-state index in [1.807, 2.05) is 19.0 Å². The Morgan fingerprint density at radius 2 is 1.95 bits per heavy atom. The predicted octanol–water partition coefficient (Wildman–Crippen LogP) is -0.289. The Labute approximate surface area is 115 Å². The zero-order valence-corrected chi connectivity index (χ0v) is 12.5. The maximum Gasteiger partial charge on any atom is 0.466 e. The van der Waals surface area contributed by atoms with Crippen LogP contribution in [0.2, 0.25) is 0 Å². The number of rotatable bonds is 5. The summed E-state index contributed by atoms with van der Waals surface area (Å²) in [5, 5.41) is 0. The van der Waals surface area contributed by atoms with Crippen LogP contribution in [-0.4, -0.2) is 99.6 Å². The Morgan fingerprint density at radius 3 is 2.47 bits per heavy atom. The lowest BCUT2D eigenvalue weighted by Crippen LogP contribution is -2.72. The molecule has 110 valence electrons. The summed E-state index contributed by atoms with van der Waals surface area (Å²) in [5.74, 6) is 0. The van der Waals surface area contributed by atoms with Crippen LogP contribution in [0.4, 0.5) is 4.79 Å². The molecule has 2 atom stereocenters. The van der Waals surface area contributed by atoms with Gasteiger partial charge in [-0.1, -0.05) is 4.59 Å². The number of nitrogens with zero attached hydrogens (tertiary/aromatic N) is 4. The highest BCUT2D eigenvalue weighted by molar-refractivity contribution is 5.67. The molecule has 0 aliphatic carbocycles. The molecule has 0 spiro atoms. The fraction of sp³-hybridized carbons (Fsp3) is 0.917. The second-order valence-corrected chi connectivity index (χ2v) is 5.76. The van der Waals surface area contributed by atoms with Crippen molar-refractivity contribution in [2.45, 2.75) is 0 Å². The Bertz CT molecular complexity index is 354. The molecular weight excluding hydrogens is 248 g/mol. The summed E-state index contributed by atoms with van der Waals surface area (Å²) >= 11 is 0. The van der Waals surface area contributed by atoms with Gasteiger partial charge in [0.05, 0.1) is 13.1 Å². The molecule has 7 nitrogen and oxygen atoms in total. The van der Waals surface area contributed by atoms with E-state index in [9.17, 15) is 4.79 Å². The van der Waals surface area contributed by atoms with Gasteiger partial charge in [0.1, 0.15) is 20.3 Å². The lowest BCUT2D eigenvalue weighted by molar-refractivity contribution is -1.45. The molecular formula is C12H26N4O3+2. The van der Waals surface area contributed by atoms with Gasteiger partial charge in [0.2, 0.25) is 6.73 Å². The number of urea groups is 1. The molecule has 0 aromatic carbocycles. The summed E-state index contributed by atoms with van der Waals surface area (Å²) < 4.78 is 11.7. The number of carbonyl (C=O) groups is 1. The topological polar surface area (TPSA) is 42.0 Å². The number of hydrogen-bond acceptors (Lipinski definition) is 4. The summed E-state index contributed by atoms with van der Waals surface area (Å²) in [5.41, 5.74) is 0. The molecule has 2 rings (SSSR count). The van der Waals surface area contributed by atoms with Crippen molar-refractivity contribution in [2.24, 2.45) is 0 Å². The van der Waals surface area contributed by atoms with Gasteiger partial charge in [0, 0.05) is 21.3 Å². The van der Waals surface area contributed by atoms with Crippen LogP contribution in [0, 0.1) is 0 Å². The quantitative estimate of drug-likeness (QED) is 0.646. The van der Waals surface area contributed by atoms with E-state index in [2.05, 4.69) is 4.90 Å². The van der Waals surface area contributed by atoms with Crippen molar-refractivity contribution in [1.82, 2.24) is 9.80 Å². The summed E-state index contributed by atoms with van der Waals surface area (Å²) in [6, 6.07) is 0.177. The SMILES string of the molecule is COCN1CC[N+](COC)([N+]2(C)CCN(C)C2=O)C1. The van der Waals surface area contributed by atoms with E-state index in [1.54, 1.807) is 14.2 Å². The maximum atomic E-state index is 12.5. The Balaban J connectivity index is 2.23. The first-order valence-corrected chi connectivity index (χ1v) is 6.67. The van der Waals surface area contributed by atoms with Crippen LogP contribution >= 0.6 is 0 Å². The first-order valence-electron chi connectivity index (χ1n) is 6.67. The number of amides is 2. The average molecular weight is 274 g/mol. The van der Waals surface area contributed by atoms with Gasteiger partial charge >= 0.3 is 6.03 Å². The van der Waals surface area contributed by atoms with Crippen LogP contribution in [0.15, 0.2) is 0 Å². The van der Waals surface area contributed by atoms with Crippen molar-refractivity contribution < 1.29 is 23.5 Å². The normalized spacial score (nSPS) is 36.4. The van der Waals surface area contributed by atoms with Crippen molar-refractivity contribution in [1.29, 1.82) is 0 Å². The maximum absolute atomic E-state index is 12.5. The largest absolute Gasteiger partial charge is 0.466 e. The zero-order valence-electron chi connectivity index (χ0n) is 12.5. The van der Waals surface area contributed by atoms with Crippen LogP contribution in [0.25, 0.3) is 0 Å². The number of likely N-dealkylation sites (N-methyl/N-ethyl adjacent to an activating group) is 2. The van der Waals surface area contributed by atoms with Crippen molar-refractivity contribution in [3.8, 4) is 0 Å². The summed E-state index contributed by atoms with van der Waals surface area (Å²) in [4.78, 5) is 16.6. The number of quaternary nitrogens is 2. The molecule has 0 saturated carbocycles. The van der Waals surface area contributed by atoms with E-state index in [-0.39, 0.29) is 6.03 Å². The molecule has 2 saturated heterocycles. The Morgan fingerprint density at radius 1 is 1.21 bits per heavy atom. The van der Waals surface area contributed by atoms with Gasteiger partial charge in [-0.15, -0.1) is 4.59 Å². The zero-order chi connectivity index (χ0) is 14.1. The van der Waals surface area contributed by atoms with Crippen molar-refractivity contribution >= 4 is 6.03 Å². The smallest absolute Gasteiger partial charge is 0.369 e. The average Bonchev–Trinajstić information content (AvgIpc) is 2.90. The molecule has 0 radical (unpaired) electrons. The molecule has 2 aliphatic rings. The number of hydrogen-bond donors (Lipinski definition) is 0. The van der Waals surface area contributed by atoms with E-state index in [4.69, 9.17) is 9.47 Å². The second kappa shape index (κ2) is 5.34. The molecule has 0 aromatic rings. The van der Waals surface area contributed by atoms with Crippen molar-refractivity contribution in [3.05, 3.63) is 0 Å². The molecule has 0 aromatic heterocycles. The molecule has 2 fully saturated rings. The lowest BCUT2D eigenvalue weighted by Gasteiger charge is -2.43. The van der Waals surface area contributed by atoms with Gasteiger partial charge in [-0.2, -0.15) is 0 Å². The molecule has 2 aliphatic heterocycles. The number of methoxy groups -OCH3 is 2. The molecule has 19 heavy (non-hydrogen) atoms. The Hall–Kier alpha value is -0.730. The number of carbonyl (C=O) groups excluding carboxylic acids is 1. The summed E-state index contributed by atoms with van der Waals surface area (Å²) in [7, 11) is 7.31. The van der Waals surface area contributed by atoms with Crippen LogP contribution in [0.3, 0.4) is 0 Å².